The summed E-state index contributed by atoms with van der Waals surface area (Å²) in [7, 11) is 0. The highest BCUT2D eigenvalue weighted by atomic mass is 16.5. The molecule has 0 aromatic heterocycles. The van der Waals surface area contributed by atoms with Gasteiger partial charge < -0.3 is 19.3 Å². The fourth-order valence-corrected chi connectivity index (χ4v) is 1.28. The lowest BCUT2D eigenvalue weighted by molar-refractivity contribution is 0.0247. The first kappa shape index (κ1) is 14.6. The van der Waals surface area contributed by atoms with E-state index < -0.39 is 0 Å². The predicted molar refractivity (Wildman–Crippen MR) is 66.0 cm³/mol. The second-order valence-corrected chi connectivity index (χ2v) is 3.49. The molecule has 0 fully saturated rings. The van der Waals surface area contributed by atoms with Gasteiger partial charge in [-0.05, 0) is 12.1 Å². The Kier molecular flexibility index (Phi) is 7.79. The van der Waals surface area contributed by atoms with Crippen LogP contribution in [0.25, 0.3) is 0 Å². The Morgan fingerprint density at radius 1 is 1.06 bits per heavy atom. The minimum absolute atomic E-state index is 0.0240. The number of aliphatic hydroxyl groups excluding tert-OH is 1. The number of rotatable bonds is 10. The number of hydrogen-bond acceptors (Lipinski definition) is 5. The average molecular weight is 254 g/mol. The van der Waals surface area contributed by atoms with E-state index in [1.807, 2.05) is 0 Å². The summed E-state index contributed by atoms with van der Waals surface area (Å²) < 4.78 is 15.7. The third-order valence-electron chi connectivity index (χ3n) is 2.10. The molecule has 18 heavy (non-hydrogen) atoms. The van der Waals surface area contributed by atoms with Crippen molar-refractivity contribution in [2.24, 2.45) is 0 Å². The molecule has 1 aromatic rings. The Morgan fingerprint density at radius 2 is 1.78 bits per heavy atom. The molecule has 1 N–H and O–H groups in total. The van der Waals surface area contributed by atoms with Gasteiger partial charge in [-0.2, -0.15) is 0 Å². The van der Waals surface area contributed by atoms with Crippen molar-refractivity contribution < 1.29 is 24.1 Å². The quantitative estimate of drug-likeness (QED) is 0.496. The molecular weight excluding hydrogens is 236 g/mol. The molecule has 0 radical (unpaired) electrons. The third-order valence-corrected chi connectivity index (χ3v) is 2.10. The van der Waals surface area contributed by atoms with Crippen LogP contribution < -0.4 is 4.74 Å². The van der Waals surface area contributed by atoms with Crippen LogP contribution in [0.1, 0.15) is 10.4 Å². The molecule has 0 aliphatic rings. The van der Waals surface area contributed by atoms with Crippen molar-refractivity contribution in [1.29, 1.82) is 0 Å². The standard InChI is InChI=1S/C13H18O5/c14-4-5-16-6-7-17-8-9-18-13-3-1-2-12(10-13)11-15/h1-3,10-11,14H,4-9H2. The first-order valence-electron chi connectivity index (χ1n) is 5.81. The normalized spacial score (nSPS) is 10.3. The lowest BCUT2D eigenvalue weighted by Gasteiger charge is -2.07. The van der Waals surface area contributed by atoms with Gasteiger partial charge in [0.05, 0.1) is 33.0 Å². The zero-order valence-corrected chi connectivity index (χ0v) is 10.2. The van der Waals surface area contributed by atoms with Gasteiger partial charge in [-0.25, -0.2) is 0 Å². The lowest BCUT2D eigenvalue weighted by atomic mass is 10.2. The SMILES string of the molecule is O=Cc1cccc(OCCOCCOCCO)c1. The summed E-state index contributed by atoms with van der Waals surface area (Å²) in [6.07, 6.45) is 0.780. The number of carbonyl (C=O) groups is 1. The maximum absolute atomic E-state index is 10.5. The molecule has 1 aromatic carbocycles. The van der Waals surface area contributed by atoms with Crippen LogP contribution in [0.4, 0.5) is 0 Å². The van der Waals surface area contributed by atoms with Gasteiger partial charge in [0.15, 0.2) is 0 Å². The van der Waals surface area contributed by atoms with Gasteiger partial charge in [-0.1, -0.05) is 12.1 Å². The number of carbonyl (C=O) groups excluding carboxylic acids is 1. The molecule has 0 saturated heterocycles. The monoisotopic (exact) mass is 254 g/mol. The van der Waals surface area contributed by atoms with E-state index in [9.17, 15) is 4.79 Å². The zero-order chi connectivity index (χ0) is 13.1. The van der Waals surface area contributed by atoms with Gasteiger partial charge in [0, 0.05) is 5.56 Å². The van der Waals surface area contributed by atoms with Gasteiger partial charge in [0.25, 0.3) is 0 Å². The van der Waals surface area contributed by atoms with Crippen molar-refractivity contribution in [2.45, 2.75) is 0 Å². The second-order valence-electron chi connectivity index (χ2n) is 3.49. The number of hydrogen-bond donors (Lipinski definition) is 1. The van der Waals surface area contributed by atoms with Gasteiger partial charge in [0.1, 0.15) is 18.6 Å². The summed E-state index contributed by atoms with van der Waals surface area (Å²) in [5.41, 5.74) is 0.589. The van der Waals surface area contributed by atoms with Crippen molar-refractivity contribution in [3.8, 4) is 5.75 Å². The number of aldehydes is 1. The van der Waals surface area contributed by atoms with E-state index in [4.69, 9.17) is 19.3 Å². The number of ether oxygens (including phenoxy) is 3. The molecule has 5 nitrogen and oxygen atoms in total. The number of aliphatic hydroxyl groups is 1. The van der Waals surface area contributed by atoms with Gasteiger partial charge in [0.2, 0.25) is 0 Å². The summed E-state index contributed by atoms with van der Waals surface area (Å²) in [5, 5.41) is 8.47. The second kappa shape index (κ2) is 9.58. The minimum Gasteiger partial charge on any atom is -0.491 e. The van der Waals surface area contributed by atoms with Crippen LogP contribution >= 0.6 is 0 Å². The molecule has 100 valence electrons. The Balaban J connectivity index is 2.05. The van der Waals surface area contributed by atoms with E-state index in [1.165, 1.54) is 0 Å². The minimum atomic E-state index is 0.0240. The van der Waals surface area contributed by atoms with E-state index in [2.05, 4.69) is 0 Å². The topological polar surface area (TPSA) is 65.0 Å². The van der Waals surface area contributed by atoms with Crippen molar-refractivity contribution >= 4 is 6.29 Å². The van der Waals surface area contributed by atoms with E-state index in [0.717, 1.165) is 6.29 Å². The van der Waals surface area contributed by atoms with Crippen LogP contribution in [0.2, 0.25) is 0 Å². The van der Waals surface area contributed by atoms with Crippen LogP contribution in [-0.2, 0) is 9.47 Å². The fraction of sp³-hybridized carbons (Fsp3) is 0.462. The molecule has 1 rings (SSSR count). The van der Waals surface area contributed by atoms with Crippen molar-refractivity contribution in [3.63, 3.8) is 0 Å². The van der Waals surface area contributed by atoms with E-state index in [-0.39, 0.29) is 6.61 Å². The summed E-state index contributed by atoms with van der Waals surface area (Å²) >= 11 is 0. The maximum Gasteiger partial charge on any atom is 0.150 e. The van der Waals surface area contributed by atoms with Gasteiger partial charge in [-0.15, -0.1) is 0 Å². The first-order valence-corrected chi connectivity index (χ1v) is 5.81. The van der Waals surface area contributed by atoms with Crippen molar-refractivity contribution in [1.82, 2.24) is 0 Å². The molecule has 0 aliphatic heterocycles. The third kappa shape index (κ3) is 6.34. The summed E-state index contributed by atoms with van der Waals surface area (Å²) in [4.78, 5) is 10.5. The van der Waals surface area contributed by atoms with E-state index in [0.29, 0.717) is 44.3 Å². The van der Waals surface area contributed by atoms with E-state index in [1.54, 1.807) is 24.3 Å². The van der Waals surface area contributed by atoms with Crippen molar-refractivity contribution in [3.05, 3.63) is 29.8 Å². The maximum atomic E-state index is 10.5. The molecule has 0 spiro atoms. The Morgan fingerprint density at radius 3 is 2.50 bits per heavy atom. The van der Waals surface area contributed by atoms with Crippen molar-refractivity contribution in [2.75, 3.05) is 39.6 Å². The summed E-state index contributed by atoms with van der Waals surface area (Å²) in [6, 6.07) is 6.95. The molecular formula is C13H18O5. The van der Waals surface area contributed by atoms with Gasteiger partial charge >= 0.3 is 0 Å². The summed E-state index contributed by atoms with van der Waals surface area (Å²) in [6.45, 7) is 2.16. The smallest absolute Gasteiger partial charge is 0.150 e. The van der Waals surface area contributed by atoms with Gasteiger partial charge in [-0.3, -0.25) is 4.79 Å². The van der Waals surface area contributed by atoms with E-state index >= 15 is 0 Å². The molecule has 0 saturated carbocycles. The molecule has 0 amide bonds. The Hall–Kier alpha value is -1.43. The molecule has 0 bridgehead atoms. The Bertz CT molecular complexity index is 340. The van der Waals surface area contributed by atoms with Crippen LogP contribution in [0.5, 0.6) is 5.75 Å². The number of benzene rings is 1. The Labute approximate surface area is 106 Å². The highest BCUT2D eigenvalue weighted by Crippen LogP contribution is 2.11. The predicted octanol–water partition coefficient (Wildman–Crippen LogP) is 0.903. The van der Waals surface area contributed by atoms with Crippen LogP contribution in [0, 0.1) is 0 Å². The largest absolute Gasteiger partial charge is 0.491 e. The average Bonchev–Trinajstić information content (AvgIpc) is 2.42. The zero-order valence-electron chi connectivity index (χ0n) is 10.2. The van der Waals surface area contributed by atoms with Crippen LogP contribution in [0.3, 0.4) is 0 Å². The molecule has 0 heterocycles. The van der Waals surface area contributed by atoms with Crippen LogP contribution in [-0.4, -0.2) is 51.0 Å². The molecule has 0 atom stereocenters. The fourth-order valence-electron chi connectivity index (χ4n) is 1.28. The highest BCUT2D eigenvalue weighted by Gasteiger charge is 1.96. The lowest BCUT2D eigenvalue weighted by Crippen LogP contribution is -2.12. The first-order chi connectivity index (χ1) is 8.86. The van der Waals surface area contributed by atoms with Crippen LogP contribution in [0.15, 0.2) is 24.3 Å². The molecule has 5 heteroatoms. The highest BCUT2D eigenvalue weighted by molar-refractivity contribution is 5.75. The molecule has 0 unspecified atom stereocenters. The summed E-state index contributed by atoms with van der Waals surface area (Å²) in [5.74, 6) is 0.653. The molecule has 0 aliphatic carbocycles.